The van der Waals surface area contributed by atoms with E-state index in [1.807, 2.05) is 0 Å². The number of aliphatic hydroxyl groups is 1. The molecule has 0 bridgehead atoms. The molecule has 4 rings (SSSR count). The average molecular weight is 374 g/mol. The number of fused-ring (bicyclic) bond motifs is 3. The van der Waals surface area contributed by atoms with E-state index in [-0.39, 0.29) is 18.8 Å². The number of benzene rings is 1. The van der Waals surface area contributed by atoms with Crippen LogP contribution in [-0.4, -0.2) is 32.9 Å². The van der Waals surface area contributed by atoms with Gasteiger partial charge in [-0.1, -0.05) is 11.6 Å². The van der Waals surface area contributed by atoms with Gasteiger partial charge in [-0.15, -0.1) is 11.3 Å². The molecule has 0 spiro atoms. The van der Waals surface area contributed by atoms with E-state index in [0.29, 0.717) is 36.9 Å². The Balaban J connectivity index is 1.95. The molecule has 3 aromatic heterocycles. The van der Waals surface area contributed by atoms with Crippen molar-refractivity contribution in [1.29, 1.82) is 0 Å². The lowest BCUT2D eigenvalue weighted by atomic mass is 10.2. The first-order chi connectivity index (χ1) is 12.2. The topological polar surface area (TPSA) is 77.2 Å². The summed E-state index contributed by atoms with van der Waals surface area (Å²) >= 11 is 7.18. The van der Waals surface area contributed by atoms with E-state index in [1.54, 1.807) is 36.5 Å². The Bertz CT molecular complexity index is 1120. The summed E-state index contributed by atoms with van der Waals surface area (Å²) in [6.45, 7) is 0.0704. The molecule has 25 heavy (non-hydrogen) atoms. The molecule has 0 saturated carbocycles. The van der Waals surface area contributed by atoms with E-state index in [9.17, 15) is 4.79 Å². The number of hydrogen-bond acceptors (Lipinski definition) is 6. The molecular formula is C17H12ClN3O3S. The molecule has 126 valence electrons. The lowest BCUT2D eigenvalue weighted by Crippen LogP contribution is -2.17. The Labute approximate surface area is 150 Å². The Kier molecular flexibility index (Phi) is 4.12. The maximum absolute atomic E-state index is 12.9. The number of rotatable bonds is 4. The SMILES string of the molecule is O=c1c2sc3nccc(OCCO)c3c2ncn1-c1ccc(Cl)cc1. The van der Waals surface area contributed by atoms with Crippen molar-refractivity contribution in [3.05, 3.63) is 58.2 Å². The van der Waals surface area contributed by atoms with E-state index < -0.39 is 0 Å². The van der Waals surface area contributed by atoms with Crippen molar-refractivity contribution in [2.75, 3.05) is 13.2 Å². The molecule has 0 aliphatic carbocycles. The largest absolute Gasteiger partial charge is 0.490 e. The molecule has 0 radical (unpaired) electrons. The Morgan fingerprint density at radius 3 is 2.76 bits per heavy atom. The molecule has 6 nitrogen and oxygen atoms in total. The Morgan fingerprint density at radius 2 is 2.00 bits per heavy atom. The highest BCUT2D eigenvalue weighted by Crippen LogP contribution is 2.35. The zero-order chi connectivity index (χ0) is 17.4. The number of aliphatic hydroxyl groups excluding tert-OH is 1. The monoisotopic (exact) mass is 373 g/mol. The number of nitrogens with zero attached hydrogens (tertiary/aromatic N) is 3. The highest BCUT2D eigenvalue weighted by molar-refractivity contribution is 7.25. The molecule has 3 heterocycles. The normalized spacial score (nSPS) is 11.3. The fraction of sp³-hybridized carbons (Fsp3) is 0.118. The van der Waals surface area contributed by atoms with Gasteiger partial charge < -0.3 is 9.84 Å². The first kappa shape index (κ1) is 16.0. The first-order valence-electron chi connectivity index (χ1n) is 7.47. The van der Waals surface area contributed by atoms with E-state index >= 15 is 0 Å². The third-order valence-corrected chi connectivity index (χ3v) is 5.02. The van der Waals surface area contributed by atoms with Crippen LogP contribution in [0.15, 0.2) is 47.7 Å². The second-order valence-electron chi connectivity index (χ2n) is 5.24. The van der Waals surface area contributed by atoms with Gasteiger partial charge in [-0.25, -0.2) is 9.97 Å². The van der Waals surface area contributed by atoms with Crippen LogP contribution in [0.1, 0.15) is 0 Å². The summed E-state index contributed by atoms with van der Waals surface area (Å²) in [5, 5.41) is 10.3. The molecule has 0 aliphatic rings. The third kappa shape index (κ3) is 2.76. The van der Waals surface area contributed by atoms with E-state index in [1.165, 1.54) is 22.2 Å². The number of ether oxygens (including phenoxy) is 1. The second-order valence-corrected chi connectivity index (χ2v) is 6.67. The number of aromatic nitrogens is 3. The quantitative estimate of drug-likeness (QED) is 0.595. The van der Waals surface area contributed by atoms with E-state index in [4.69, 9.17) is 21.4 Å². The number of pyridine rings is 1. The molecule has 8 heteroatoms. The fourth-order valence-corrected chi connectivity index (χ4v) is 3.76. The van der Waals surface area contributed by atoms with Crippen LogP contribution < -0.4 is 10.3 Å². The number of hydrogen-bond donors (Lipinski definition) is 1. The molecule has 0 fully saturated rings. The molecule has 0 aliphatic heterocycles. The zero-order valence-corrected chi connectivity index (χ0v) is 14.4. The highest BCUT2D eigenvalue weighted by atomic mass is 35.5. The summed E-state index contributed by atoms with van der Waals surface area (Å²) in [6.07, 6.45) is 3.10. The summed E-state index contributed by atoms with van der Waals surface area (Å²) in [5.41, 5.74) is 1.06. The predicted molar refractivity (Wildman–Crippen MR) is 98.1 cm³/mol. The van der Waals surface area contributed by atoms with Crippen LogP contribution >= 0.6 is 22.9 Å². The first-order valence-corrected chi connectivity index (χ1v) is 8.67. The van der Waals surface area contributed by atoms with Crippen molar-refractivity contribution in [2.45, 2.75) is 0 Å². The van der Waals surface area contributed by atoms with Crippen molar-refractivity contribution in [1.82, 2.24) is 14.5 Å². The van der Waals surface area contributed by atoms with Crippen LogP contribution in [0, 0.1) is 0 Å². The second kappa shape index (κ2) is 6.44. The summed E-state index contributed by atoms with van der Waals surface area (Å²) < 4.78 is 7.53. The van der Waals surface area contributed by atoms with Crippen molar-refractivity contribution < 1.29 is 9.84 Å². The van der Waals surface area contributed by atoms with E-state index in [0.717, 1.165) is 0 Å². The minimum atomic E-state index is -0.177. The lowest BCUT2D eigenvalue weighted by Gasteiger charge is -2.06. The van der Waals surface area contributed by atoms with Crippen molar-refractivity contribution >= 4 is 43.4 Å². The van der Waals surface area contributed by atoms with Gasteiger partial charge >= 0.3 is 0 Å². The molecular weight excluding hydrogens is 362 g/mol. The maximum Gasteiger partial charge on any atom is 0.275 e. The summed E-state index contributed by atoms with van der Waals surface area (Å²) in [5.74, 6) is 0.557. The molecule has 0 saturated heterocycles. The van der Waals surface area contributed by atoms with Gasteiger partial charge in [0.1, 0.15) is 33.7 Å². The average Bonchev–Trinajstić information content (AvgIpc) is 3.01. The Hall–Kier alpha value is -2.48. The number of halogens is 1. The van der Waals surface area contributed by atoms with Crippen molar-refractivity contribution in [3.8, 4) is 11.4 Å². The summed E-state index contributed by atoms with van der Waals surface area (Å²) in [7, 11) is 0. The molecule has 1 aromatic carbocycles. The van der Waals surface area contributed by atoms with Crippen molar-refractivity contribution in [2.24, 2.45) is 0 Å². The fourth-order valence-electron chi connectivity index (χ4n) is 2.59. The van der Waals surface area contributed by atoms with Gasteiger partial charge in [0.05, 0.1) is 17.7 Å². The molecule has 1 N–H and O–H groups in total. The molecule has 0 amide bonds. The van der Waals surface area contributed by atoms with Gasteiger partial charge in [0.2, 0.25) is 0 Å². The molecule has 0 unspecified atom stereocenters. The molecule has 0 atom stereocenters. The summed E-state index contributed by atoms with van der Waals surface area (Å²) in [6, 6.07) is 8.68. The van der Waals surface area contributed by atoms with Crippen LogP contribution in [0.2, 0.25) is 5.02 Å². The van der Waals surface area contributed by atoms with Crippen LogP contribution in [0.5, 0.6) is 5.75 Å². The standard InChI is InChI=1S/C17H12ClN3O3S/c18-10-1-3-11(4-2-10)21-9-20-14-13-12(24-8-7-22)5-6-19-16(13)25-15(14)17(21)23/h1-6,9,22H,7-8H2. The van der Waals surface area contributed by atoms with Gasteiger partial charge in [-0.05, 0) is 30.3 Å². The maximum atomic E-state index is 12.9. The van der Waals surface area contributed by atoms with Crippen LogP contribution in [-0.2, 0) is 0 Å². The number of thiophene rings is 1. The third-order valence-electron chi connectivity index (χ3n) is 3.70. The minimum absolute atomic E-state index is 0.0946. The van der Waals surface area contributed by atoms with Gasteiger partial charge in [-0.2, -0.15) is 0 Å². The smallest absolute Gasteiger partial charge is 0.275 e. The highest BCUT2D eigenvalue weighted by Gasteiger charge is 2.16. The summed E-state index contributed by atoms with van der Waals surface area (Å²) in [4.78, 5) is 22.3. The van der Waals surface area contributed by atoms with E-state index in [2.05, 4.69) is 9.97 Å². The zero-order valence-electron chi connectivity index (χ0n) is 12.8. The van der Waals surface area contributed by atoms with Crippen LogP contribution in [0.3, 0.4) is 0 Å². The van der Waals surface area contributed by atoms with Gasteiger partial charge in [0, 0.05) is 11.2 Å². The Morgan fingerprint density at radius 1 is 1.20 bits per heavy atom. The molecule has 4 aromatic rings. The van der Waals surface area contributed by atoms with Crippen molar-refractivity contribution in [3.63, 3.8) is 0 Å². The van der Waals surface area contributed by atoms with Gasteiger partial charge in [0.25, 0.3) is 5.56 Å². The van der Waals surface area contributed by atoms with Crippen LogP contribution in [0.25, 0.3) is 26.1 Å². The van der Waals surface area contributed by atoms with Gasteiger partial charge in [-0.3, -0.25) is 9.36 Å². The predicted octanol–water partition coefficient (Wildman–Crippen LogP) is 3.02. The van der Waals surface area contributed by atoms with Gasteiger partial charge in [0.15, 0.2) is 0 Å². The minimum Gasteiger partial charge on any atom is -0.490 e. The van der Waals surface area contributed by atoms with Crippen LogP contribution in [0.4, 0.5) is 0 Å². The lowest BCUT2D eigenvalue weighted by molar-refractivity contribution is 0.203.